The summed E-state index contributed by atoms with van der Waals surface area (Å²) in [6.45, 7) is 0.953. The van der Waals surface area contributed by atoms with Crippen LogP contribution in [0.4, 0.5) is 13.2 Å². The lowest BCUT2D eigenvalue weighted by Gasteiger charge is -2.38. The highest BCUT2D eigenvalue weighted by molar-refractivity contribution is 5.99. The molecule has 186 valence electrons. The Bertz CT molecular complexity index is 1180. The van der Waals surface area contributed by atoms with Crippen molar-refractivity contribution in [2.24, 2.45) is 5.92 Å². The second-order valence-electron chi connectivity index (χ2n) is 8.12. The first-order valence-electron chi connectivity index (χ1n) is 10.8. The summed E-state index contributed by atoms with van der Waals surface area (Å²) in [6, 6.07) is 4.17. The van der Waals surface area contributed by atoms with Crippen molar-refractivity contribution in [3.63, 3.8) is 0 Å². The van der Waals surface area contributed by atoms with Gasteiger partial charge in [-0.05, 0) is 37.1 Å². The van der Waals surface area contributed by atoms with Gasteiger partial charge in [0.05, 0.1) is 19.1 Å². The third kappa shape index (κ3) is 4.73. The summed E-state index contributed by atoms with van der Waals surface area (Å²) in [5.74, 6) is -8.58. The summed E-state index contributed by atoms with van der Waals surface area (Å²) in [7, 11) is 0. The third-order valence-electron chi connectivity index (χ3n) is 6.08. The number of nitrogens with zero attached hydrogens (tertiary/aromatic N) is 2. The quantitative estimate of drug-likeness (QED) is 0.192. The average Bonchev–Trinajstić information content (AvgIpc) is 3.28. The van der Waals surface area contributed by atoms with E-state index in [-0.39, 0.29) is 32.4 Å². The first-order valence-corrected chi connectivity index (χ1v) is 10.8. The molecule has 2 heterocycles. The molecule has 0 spiro atoms. The fraction of sp³-hybridized carbons (Fsp3) is 0.391. The molecule has 1 saturated heterocycles. The summed E-state index contributed by atoms with van der Waals surface area (Å²) in [4.78, 5) is 38.4. The molecule has 2 aromatic rings. The normalized spacial score (nSPS) is 21.2. The number of likely N-dealkylation sites (tertiary alicyclic amines) is 1. The maximum absolute atomic E-state index is 14.6. The first-order chi connectivity index (χ1) is 16.7. The van der Waals surface area contributed by atoms with E-state index in [1.54, 1.807) is 18.2 Å². The van der Waals surface area contributed by atoms with Gasteiger partial charge in [0.25, 0.3) is 0 Å². The summed E-state index contributed by atoms with van der Waals surface area (Å²) in [6.07, 6.45) is 0.270. The molecule has 0 N–H and O–H groups in total. The van der Waals surface area contributed by atoms with Crippen molar-refractivity contribution in [3.05, 3.63) is 69.0 Å². The molecule has 2 aromatic carbocycles. The van der Waals surface area contributed by atoms with E-state index in [0.717, 1.165) is 10.5 Å². The van der Waals surface area contributed by atoms with Crippen molar-refractivity contribution in [3.8, 4) is 11.5 Å². The van der Waals surface area contributed by atoms with E-state index in [4.69, 9.17) is 14.2 Å². The Morgan fingerprint density at radius 2 is 1.86 bits per heavy atom. The van der Waals surface area contributed by atoms with Gasteiger partial charge in [-0.25, -0.2) is 13.2 Å². The molecule has 2 aliphatic heterocycles. The Labute approximate surface area is 197 Å². The van der Waals surface area contributed by atoms with E-state index in [9.17, 15) is 32.9 Å². The van der Waals surface area contributed by atoms with E-state index in [0.29, 0.717) is 17.6 Å². The number of ether oxygens (including phenoxy) is 3. The van der Waals surface area contributed by atoms with Crippen LogP contribution in [0.1, 0.15) is 24.0 Å². The highest BCUT2D eigenvalue weighted by Gasteiger charge is 2.54. The molecule has 0 radical (unpaired) electrons. The monoisotopic (exact) mass is 494 g/mol. The Hall–Kier alpha value is -3.83. The molecular weight excluding hydrogens is 473 g/mol. The first kappa shape index (κ1) is 24.3. The maximum atomic E-state index is 14.6. The molecule has 0 aliphatic carbocycles. The van der Waals surface area contributed by atoms with Crippen molar-refractivity contribution in [1.29, 1.82) is 0 Å². The van der Waals surface area contributed by atoms with Crippen LogP contribution in [0.15, 0.2) is 30.3 Å². The van der Waals surface area contributed by atoms with Gasteiger partial charge in [-0.1, -0.05) is 6.07 Å². The van der Waals surface area contributed by atoms with Crippen LogP contribution in [-0.2, 0) is 20.7 Å². The number of hydrogen-bond donors (Lipinski definition) is 0. The molecule has 4 rings (SSSR count). The van der Waals surface area contributed by atoms with Crippen LogP contribution in [0.2, 0.25) is 0 Å². The van der Waals surface area contributed by atoms with Crippen LogP contribution < -0.4 is 9.47 Å². The molecule has 35 heavy (non-hydrogen) atoms. The average molecular weight is 494 g/mol. The summed E-state index contributed by atoms with van der Waals surface area (Å²) < 4.78 is 57.6. The standard InChI is InChI=1S/C23H21F3N2O7/c1-2-33-23(30)21-20(13-8-15(25)16(26)9-14(13)24)17(28(31)32)10-27(22(21)29)6-5-12-3-4-18-19(7-12)35-11-34-18/h3-4,7-9,17,20-21H,2,5-6,10-11H2,1H3/t17-,20+,21?/m0/s1. The lowest BCUT2D eigenvalue weighted by Crippen LogP contribution is -2.57. The minimum absolute atomic E-state index is 0.00566. The summed E-state index contributed by atoms with van der Waals surface area (Å²) in [5, 5.41) is 12.0. The van der Waals surface area contributed by atoms with Gasteiger partial charge in [-0.3, -0.25) is 19.7 Å². The number of carbonyl (C=O) groups is 2. The topological polar surface area (TPSA) is 108 Å². The Morgan fingerprint density at radius 3 is 2.57 bits per heavy atom. The molecule has 1 amide bonds. The van der Waals surface area contributed by atoms with E-state index >= 15 is 0 Å². The Balaban J connectivity index is 1.66. The molecule has 9 nitrogen and oxygen atoms in total. The number of halogens is 3. The van der Waals surface area contributed by atoms with Crippen LogP contribution >= 0.6 is 0 Å². The molecular formula is C23H21F3N2O7. The second-order valence-corrected chi connectivity index (χ2v) is 8.12. The number of benzene rings is 2. The second kappa shape index (κ2) is 9.80. The highest BCUT2D eigenvalue weighted by Crippen LogP contribution is 2.39. The van der Waals surface area contributed by atoms with Gasteiger partial charge < -0.3 is 19.1 Å². The van der Waals surface area contributed by atoms with Crippen molar-refractivity contribution in [2.75, 3.05) is 26.5 Å². The fourth-order valence-corrected chi connectivity index (χ4v) is 4.42. The van der Waals surface area contributed by atoms with Gasteiger partial charge in [-0.2, -0.15) is 0 Å². The number of piperidine rings is 1. The van der Waals surface area contributed by atoms with Crippen molar-refractivity contribution < 1.29 is 41.9 Å². The van der Waals surface area contributed by atoms with Crippen molar-refractivity contribution in [1.82, 2.24) is 4.90 Å². The molecule has 12 heteroatoms. The van der Waals surface area contributed by atoms with Crippen LogP contribution in [-0.4, -0.2) is 54.2 Å². The molecule has 0 aromatic heterocycles. The minimum atomic E-state index is -1.81. The number of carbonyl (C=O) groups excluding carboxylic acids is 2. The predicted molar refractivity (Wildman–Crippen MR) is 113 cm³/mol. The van der Waals surface area contributed by atoms with Crippen molar-refractivity contribution in [2.45, 2.75) is 25.3 Å². The van der Waals surface area contributed by atoms with E-state index in [1.165, 1.54) is 6.92 Å². The fourth-order valence-electron chi connectivity index (χ4n) is 4.42. The largest absolute Gasteiger partial charge is 0.465 e. The SMILES string of the molecule is CCOC(=O)C1C(=O)N(CCc2ccc3c(c2)OCO3)C[C@H]([N+](=O)[O-])[C@H]1c1cc(F)c(F)cc1F. The molecule has 1 unspecified atom stereocenters. The zero-order valence-electron chi connectivity index (χ0n) is 18.5. The highest BCUT2D eigenvalue weighted by atomic mass is 19.2. The minimum Gasteiger partial charge on any atom is -0.465 e. The van der Waals surface area contributed by atoms with Gasteiger partial charge in [0.15, 0.2) is 23.1 Å². The summed E-state index contributed by atoms with van der Waals surface area (Å²) in [5.41, 5.74) is 0.119. The maximum Gasteiger partial charge on any atom is 0.319 e. The molecule has 2 aliphatic rings. The molecule has 1 fully saturated rings. The van der Waals surface area contributed by atoms with Crippen molar-refractivity contribution >= 4 is 11.9 Å². The smallest absolute Gasteiger partial charge is 0.319 e. The van der Waals surface area contributed by atoms with Gasteiger partial charge in [0.2, 0.25) is 18.7 Å². The Kier molecular flexibility index (Phi) is 6.81. The van der Waals surface area contributed by atoms with Gasteiger partial charge >= 0.3 is 5.97 Å². The predicted octanol–water partition coefficient (Wildman–Crippen LogP) is 2.83. The van der Waals surface area contributed by atoms with Crippen LogP contribution in [0.3, 0.4) is 0 Å². The van der Waals surface area contributed by atoms with Crippen LogP contribution in [0, 0.1) is 33.5 Å². The summed E-state index contributed by atoms with van der Waals surface area (Å²) >= 11 is 0. The van der Waals surface area contributed by atoms with Gasteiger partial charge in [0.1, 0.15) is 11.7 Å². The zero-order valence-corrected chi connectivity index (χ0v) is 18.5. The Morgan fingerprint density at radius 1 is 1.14 bits per heavy atom. The number of hydrogen-bond acceptors (Lipinski definition) is 7. The molecule has 3 atom stereocenters. The van der Waals surface area contributed by atoms with Crippen LogP contribution in [0.25, 0.3) is 0 Å². The van der Waals surface area contributed by atoms with E-state index < -0.39 is 64.2 Å². The van der Waals surface area contributed by atoms with E-state index in [1.807, 2.05) is 0 Å². The van der Waals surface area contributed by atoms with Gasteiger partial charge in [-0.15, -0.1) is 0 Å². The number of rotatable bonds is 7. The molecule has 0 bridgehead atoms. The molecule has 0 saturated carbocycles. The van der Waals surface area contributed by atoms with Crippen LogP contribution in [0.5, 0.6) is 11.5 Å². The lowest BCUT2D eigenvalue weighted by molar-refractivity contribution is -0.529. The van der Waals surface area contributed by atoms with Gasteiger partial charge in [0, 0.05) is 23.1 Å². The van der Waals surface area contributed by atoms with E-state index in [2.05, 4.69) is 0 Å². The number of nitro groups is 1. The number of amides is 1. The third-order valence-corrected chi connectivity index (χ3v) is 6.08. The lowest BCUT2D eigenvalue weighted by atomic mass is 9.76. The number of fused-ring (bicyclic) bond motifs is 1. The zero-order chi connectivity index (χ0) is 25.3. The number of esters is 1.